The van der Waals surface area contributed by atoms with Gasteiger partial charge < -0.3 is 19.5 Å². The van der Waals surface area contributed by atoms with Crippen molar-refractivity contribution in [1.29, 1.82) is 0 Å². The van der Waals surface area contributed by atoms with Crippen LogP contribution in [0.1, 0.15) is 28.4 Å². The second-order valence-electron chi connectivity index (χ2n) is 8.75. The molecule has 2 aromatic carbocycles. The van der Waals surface area contributed by atoms with E-state index in [4.69, 9.17) is 4.74 Å². The number of nitrogens with one attached hydrogen (secondary N) is 1. The maximum atomic E-state index is 13.1. The largest absolute Gasteiger partial charge is 0.484 e. The van der Waals surface area contributed by atoms with E-state index in [1.165, 1.54) is 24.3 Å². The first-order valence-electron chi connectivity index (χ1n) is 11.2. The van der Waals surface area contributed by atoms with Gasteiger partial charge in [0.05, 0.1) is 0 Å². The van der Waals surface area contributed by atoms with Gasteiger partial charge in [-0.15, -0.1) is 0 Å². The van der Waals surface area contributed by atoms with Crippen molar-refractivity contribution < 1.29 is 18.7 Å². The van der Waals surface area contributed by atoms with Gasteiger partial charge in [-0.1, -0.05) is 18.2 Å². The van der Waals surface area contributed by atoms with E-state index < -0.39 is 11.7 Å². The summed E-state index contributed by atoms with van der Waals surface area (Å²) in [6, 6.07) is 17.8. The van der Waals surface area contributed by atoms with E-state index in [2.05, 4.69) is 5.32 Å². The van der Waals surface area contributed by atoms with E-state index in [1.807, 2.05) is 41.3 Å². The average Bonchev–Trinajstić information content (AvgIpc) is 2.85. The fourth-order valence-electron chi connectivity index (χ4n) is 4.79. The third kappa shape index (κ3) is 4.44. The zero-order chi connectivity index (χ0) is 23.7. The summed E-state index contributed by atoms with van der Waals surface area (Å²) in [4.78, 5) is 40.2. The summed E-state index contributed by atoms with van der Waals surface area (Å²) in [6.45, 7) is 1.54. The van der Waals surface area contributed by atoms with Crippen LogP contribution in [0, 0.1) is 11.7 Å². The van der Waals surface area contributed by atoms with Crippen LogP contribution in [0.2, 0.25) is 0 Å². The predicted octanol–water partition coefficient (Wildman–Crippen LogP) is 3.26. The lowest BCUT2D eigenvalue weighted by Gasteiger charge is -2.42. The Morgan fingerprint density at radius 3 is 2.50 bits per heavy atom. The fourth-order valence-corrected chi connectivity index (χ4v) is 4.79. The lowest BCUT2D eigenvalue weighted by molar-refractivity contribution is -0.136. The molecule has 3 aromatic rings. The quantitative estimate of drug-likeness (QED) is 0.633. The van der Waals surface area contributed by atoms with Crippen molar-refractivity contribution in [2.45, 2.75) is 18.9 Å². The third-order valence-corrected chi connectivity index (χ3v) is 6.42. The van der Waals surface area contributed by atoms with Gasteiger partial charge in [-0.2, -0.15) is 0 Å². The first-order chi connectivity index (χ1) is 16.5. The lowest BCUT2D eigenvalue weighted by Crippen LogP contribution is -2.50. The van der Waals surface area contributed by atoms with Crippen LogP contribution in [0.5, 0.6) is 5.75 Å². The Hall–Kier alpha value is -3.94. The number of pyridine rings is 1. The van der Waals surface area contributed by atoms with Gasteiger partial charge in [0.2, 0.25) is 0 Å². The van der Waals surface area contributed by atoms with Crippen LogP contribution in [0.4, 0.5) is 10.1 Å². The van der Waals surface area contributed by atoms with Crippen molar-refractivity contribution in [2.24, 2.45) is 5.92 Å². The number of benzene rings is 2. The van der Waals surface area contributed by atoms with Crippen molar-refractivity contribution in [3.63, 3.8) is 0 Å². The molecule has 0 aliphatic carbocycles. The molecule has 34 heavy (non-hydrogen) atoms. The van der Waals surface area contributed by atoms with E-state index >= 15 is 0 Å². The molecule has 0 spiro atoms. The maximum Gasteiger partial charge on any atom is 0.274 e. The van der Waals surface area contributed by atoms with Crippen LogP contribution in [-0.4, -0.2) is 41.0 Å². The van der Waals surface area contributed by atoms with E-state index in [9.17, 15) is 18.8 Å². The minimum atomic E-state index is -0.469. The summed E-state index contributed by atoms with van der Waals surface area (Å²) in [5.74, 6) is -0.131. The number of halogens is 1. The Bertz CT molecular complexity index is 1270. The van der Waals surface area contributed by atoms with E-state index in [-0.39, 0.29) is 41.2 Å². The molecule has 1 N–H and O–H groups in total. The number of hydrogen-bond donors (Lipinski definition) is 1. The first kappa shape index (κ1) is 21.9. The number of hydrogen-bond acceptors (Lipinski definition) is 4. The van der Waals surface area contributed by atoms with Gasteiger partial charge in [-0.3, -0.25) is 14.4 Å². The van der Waals surface area contributed by atoms with Crippen LogP contribution in [0.25, 0.3) is 0 Å². The lowest BCUT2D eigenvalue weighted by atomic mass is 9.83. The van der Waals surface area contributed by atoms with Gasteiger partial charge in [0, 0.05) is 36.8 Å². The highest BCUT2D eigenvalue weighted by molar-refractivity contribution is 6.04. The van der Waals surface area contributed by atoms with Crippen LogP contribution >= 0.6 is 0 Å². The van der Waals surface area contributed by atoms with Gasteiger partial charge in [0.25, 0.3) is 17.4 Å². The molecule has 8 heteroatoms. The topological polar surface area (TPSA) is 80.6 Å². The molecule has 1 fully saturated rings. The second-order valence-corrected chi connectivity index (χ2v) is 8.75. The van der Waals surface area contributed by atoms with E-state index in [0.717, 1.165) is 12.1 Å². The van der Waals surface area contributed by atoms with Crippen molar-refractivity contribution in [2.75, 3.05) is 25.0 Å². The number of amides is 2. The number of piperidine rings is 1. The third-order valence-electron chi connectivity index (χ3n) is 6.42. The van der Waals surface area contributed by atoms with Gasteiger partial charge >= 0.3 is 0 Å². The van der Waals surface area contributed by atoms with E-state index in [1.54, 1.807) is 10.6 Å². The number of likely N-dealkylation sites (tertiary alicyclic amines) is 1. The molecule has 0 radical (unpaired) electrons. The molecule has 5 rings (SSSR count). The number of nitrogens with zero attached hydrogens (tertiary/aromatic N) is 2. The van der Waals surface area contributed by atoms with Crippen LogP contribution in [0.3, 0.4) is 0 Å². The predicted molar refractivity (Wildman–Crippen MR) is 124 cm³/mol. The number of carbonyl (C=O) groups excluding carboxylic acids is 2. The summed E-state index contributed by atoms with van der Waals surface area (Å²) in [6.07, 6.45) is 0.907. The summed E-state index contributed by atoms with van der Waals surface area (Å²) in [7, 11) is 0. The minimum absolute atomic E-state index is 0.0232. The number of para-hydroxylation sites is 1. The highest BCUT2D eigenvalue weighted by Gasteiger charge is 2.36. The van der Waals surface area contributed by atoms with Crippen molar-refractivity contribution in [3.8, 4) is 5.75 Å². The molecular formula is C26H24FN3O4. The molecule has 174 valence electrons. The van der Waals surface area contributed by atoms with Crippen LogP contribution in [-0.2, 0) is 11.3 Å². The summed E-state index contributed by atoms with van der Waals surface area (Å²) in [5, 5.41) is 2.65. The average molecular weight is 461 g/mol. The molecule has 1 saturated heterocycles. The zero-order valence-electron chi connectivity index (χ0n) is 18.4. The smallest absolute Gasteiger partial charge is 0.274 e. The fraction of sp³-hybridized carbons (Fsp3) is 0.269. The SMILES string of the molecule is O=C(Nc1ccc2n(c1=O)C[C@H]1C[C@@H]2CN(C(=O)COc2ccccc2)C1)c1ccc(F)cc1. The zero-order valence-corrected chi connectivity index (χ0v) is 18.4. The van der Waals surface area contributed by atoms with Crippen molar-refractivity contribution in [1.82, 2.24) is 9.47 Å². The number of rotatable bonds is 5. The van der Waals surface area contributed by atoms with Crippen molar-refractivity contribution in [3.05, 3.63) is 94.2 Å². The Morgan fingerprint density at radius 2 is 1.74 bits per heavy atom. The summed E-state index contributed by atoms with van der Waals surface area (Å²) < 4.78 is 20.5. The number of aromatic nitrogens is 1. The summed E-state index contributed by atoms with van der Waals surface area (Å²) >= 11 is 0. The minimum Gasteiger partial charge on any atom is -0.484 e. The molecule has 2 aliphatic heterocycles. The second kappa shape index (κ2) is 9.13. The summed E-state index contributed by atoms with van der Waals surface area (Å²) in [5.41, 5.74) is 1.05. The Labute approximate surface area is 195 Å². The number of fused-ring (bicyclic) bond motifs is 4. The highest BCUT2D eigenvalue weighted by Crippen LogP contribution is 2.35. The van der Waals surface area contributed by atoms with Gasteiger partial charge in [0.1, 0.15) is 17.3 Å². The Kier molecular flexibility index (Phi) is 5.88. The van der Waals surface area contributed by atoms with Gasteiger partial charge in [-0.25, -0.2) is 4.39 Å². The standard InChI is InChI=1S/C26H24FN3O4/c27-20-8-6-18(7-9-20)25(32)28-22-10-11-23-19-12-17(14-30(23)26(22)33)13-29(15-19)24(31)16-34-21-4-2-1-3-5-21/h1-11,17,19H,12-16H2,(H,28,32)/t17-,19+/m0/s1. The monoisotopic (exact) mass is 461 g/mol. The molecule has 1 aromatic heterocycles. The Morgan fingerprint density at radius 1 is 0.971 bits per heavy atom. The molecule has 2 atom stereocenters. The number of anilines is 1. The molecule has 2 bridgehead atoms. The van der Waals surface area contributed by atoms with Gasteiger partial charge in [0.15, 0.2) is 6.61 Å². The van der Waals surface area contributed by atoms with Crippen molar-refractivity contribution >= 4 is 17.5 Å². The number of ether oxygens (including phenoxy) is 1. The molecule has 3 heterocycles. The molecule has 2 amide bonds. The maximum absolute atomic E-state index is 13.1. The Balaban J connectivity index is 1.29. The molecule has 7 nitrogen and oxygen atoms in total. The first-order valence-corrected chi connectivity index (χ1v) is 11.2. The van der Waals surface area contributed by atoms with E-state index in [0.29, 0.717) is 25.4 Å². The molecule has 0 unspecified atom stereocenters. The van der Waals surface area contributed by atoms with Crippen LogP contribution in [0.15, 0.2) is 71.5 Å². The number of carbonyl (C=O) groups is 2. The van der Waals surface area contributed by atoms with Crippen LogP contribution < -0.4 is 15.6 Å². The highest BCUT2D eigenvalue weighted by atomic mass is 19.1. The van der Waals surface area contributed by atoms with Gasteiger partial charge in [-0.05, 0) is 60.9 Å². The molecule has 0 saturated carbocycles. The normalized spacial score (nSPS) is 18.7. The molecular weight excluding hydrogens is 437 g/mol. The molecule has 2 aliphatic rings.